The molecule has 3 rings (SSSR count). The third kappa shape index (κ3) is 2.36. The molecule has 1 unspecified atom stereocenters. The standard InChI is InChI=1S/C16H20F3NO/c17-12-6-5-11(13(18)14(12)19)15(21)16(7-1-2-8-16)20-9-3-4-10-20/h5-6,15,21H,1-4,7-10H2. The molecule has 1 aromatic rings. The predicted octanol–water partition coefficient (Wildman–Crippen LogP) is 3.55. The molecule has 0 aromatic heterocycles. The molecule has 2 fully saturated rings. The lowest BCUT2D eigenvalue weighted by molar-refractivity contribution is -0.0217. The summed E-state index contributed by atoms with van der Waals surface area (Å²) in [4.78, 5) is 2.21. The van der Waals surface area contributed by atoms with E-state index in [2.05, 4.69) is 4.90 Å². The van der Waals surface area contributed by atoms with E-state index in [4.69, 9.17) is 0 Å². The first-order valence-electron chi connectivity index (χ1n) is 7.63. The molecular weight excluding hydrogens is 279 g/mol. The van der Waals surface area contributed by atoms with E-state index in [1.165, 1.54) is 6.07 Å². The monoisotopic (exact) mass is 299 g/mol. The van der Waals surface area contributed by atoms with Gasteiger partial charge in [0.25, 0.3) is 0 Å². The molecule has 1 saturated heterocycles. The highest BCUT2D eigenvalue weighted by atomic mass is 19.2. The average molecular weight is 299 g/mol. The Balaban J connectivity index is 1.98. The van der Waals surface area contributed by atoms with Crippen molar-refractivity contribution >= 4 is 0 Å². The lowest BCUT2D eigenvalue weighted by Crippen LogP contribution is -2.50. The van der Waals surface area contributed by atoms with Crippen molar-refractivity contribution < 1.29 is 18.3 Å². The molecule has 0 bridgehead atoms. The topological polar surface area (TPSA) is 23.5 Å². The van der Waals surface area contributed by atoms with Crippen LogP contribution in [0.2, 0.25) is 0 Å². The summed E-state index contributed by atoms with van der Waals surface area (Å²) in [6.45, 7) is 1.75. The van der Waals surface area contributed by atoms with Crippen LogP contribution in [0.4, 0.5) is 13.2 Å². The Bertz CT molecular complexity index is 522. The number of likely N-dealkylation sites (tertiary alicyclic amines) is 1. The van der Waals surface area contributed by atoms with E-state index in [1.54, 1.807) is 0 Å². The van der Waals surface area contributed by atoms with Crippen LogP contribution in [0.15, 0.2) is 12.1 Å². The number of hydrogen-bond acceptors (Lipinski definition) is 2. The van der Waals surface area contributed by atoms with Gasteiger partial charge in [0.1, 0.15) is 6.10 Å². The molecule has 2 aliphatic rings. The molecule has 21 heavy (non-hydrogen) atoms. The third-order valence-corrected chi connectivity index (χ3v) is 5.07. The molecule has 0 radical (unpaired) electrons. The second-order valence-electron chi connectivity index (χ2n) is 6.17. The average Bonchev–Trinajstić information content (AvgIpc) is 3.15. The van der Waals surface area contributed by atoms with Crippen molar-refractivity contribution in [2.24, 2.45) is 0 Å². The van der Waals surface area contributed by atoms with Gasteiger partial charge in [-0.05, 0) is 44.8 Å². The van der Waals surface area contributed by atoms with Crippen LogP contribution in [0.3, 0.4) is 0 Å². The Hall–Kier alpha value is -1.07. The van der Waals surface area contributed by atoms with Crippen LogP contribution in [0.1, 0.15) is 50.2 Å². The molecule has 1 aromatic carbocycles. The molecule has 0 amide bonds. The van der Waals surface area contributed by atoms with Crippen molar-refractivity contribution in [3.63, 3.8) is 0 Å². The first-order valence-corrected chi connectivity index (χ1v) is 7.63. The minimum atomic E-state index is -1.50. The van der Waals surface area contributed by atoms with Crippen LogP contribution in [0.25, 0.3) is 0 Å². The van der Waals surface area contributed by atoms with Crippen molar-refractivity contribution in [2.75, 3.05) is 13.1 Å². The summed E-state index contributed by atoms with van der Waals surface area (Å²) in [6, 6.07) is 2.07. The van der Waals surface area contributed by atoms with Crippen LogP contribution < -0.4 is 0 Å². The molecule has 1 aliphatic carbocycles. The molecule has 0 spiro atoms. The molecule has 1 saturated carbocycles. The van der Waals surface area contributed by atoms with Gasteiger partial charge in [-0.25, -0.2) is 13.2 Å². The zero-order valence-electron chi connectivity index (χ0n) is 11.9. The van der Waals surface area contributed by atoms with Crippen LogP contribution in [0, 0.1) is 17.5 Å². The molecule has 1 atom stereocenters. The highest BCUT2D eigenvalue weighted by molar-refractivity contribution is 5.26. The summed E-state index contributed by atoms with van der Waals surface area (Å²) in [5.41, 5.74) is -0.649. The van der Waals surface area contributed by atoms with E-state index in [-0.39, 0.29) is 5.56 Å². The van der Waals surface area contributed by atoms with Gasteiger partial charge in [-0.3, -0.25) is 4.90 Å². The lowest BCUT2D eigenvalue weighted by Gasteiger charge is -2.43. The van der Waals surface area contributed by atoms with Crippen molar-refractivity contribution in [2.45, 2.75) is 50.2 Å². The second kappa shape index (κ2) is 5.61. The fourth-order valence-electron chi connectivity index (χ4n) is 3.95. The van der Waals surface area contributed by atoms with Gasteiger partial charge >= 0.3 is 0 Å². The number of aliphatic hydroxyl groups is 1. The normalized spacial score (nSPS) is 23.6. The largest absolute Gasteiger partial charge is 0.386 e. The van der Waals surface area contributed by atoms with Crippen molar-refractivity contribution in [1.29, 1.82) is 0 Å². The molecule has 116 valence electrons. The Morgan fingerprint density at radius 3 is 2.19 bits per heavy atom. The number of aliphatic hydroxyl groups excluding tert-OH is 1. The van der Waals surface area contributed by atoms with Gasteiger partial charge in [-0.2, -0.15) is 0 Å². The van der Waals surface area contributed by atoms with E-state index < -0.39 is 29.1 Å². The summed E-state index contributed by atoms with van der Waals surface area (Å²) in [5, 5.41) is 10.8. The highest BCUT2D eigenvalue weighted by Crippen LogP contribution is 2.46. The van der Waals surface area contributed by atoms with E-state index in [0.717, 1.165) is 57.7 Å². The van der Waals surface area contributed by atoms with E-state index in [9.17, 15) is 18.3 Å². The van der Waals surface area contributed by atoms with E-state index in [0.29, 0.717) is 0 Å². The van der Waals surface area contributed by atoms with Gasteiger partial charge < -0.3 is 5.11 Å². The quantitative estimate of drug-likeness (QED) is 0.863. The fraction of sp³-hybridized carbons (Fsp3) is 0.625. The van der Waals surface area contributed by atoms with E-state index in [1.807, 2.05) is 0 Å². The van der Waals surface area contributed by atoms with Crippen LogP contribution in [-0.4, -0.2) is 28.6 Å². The smallest absolute Gasteiger partial charge is 0.194 e. The SMILES string of the molecule is OC(c1ccc(F)c(F)c1F)C1(N2CCCC2)CCCC1. The number of rotatable bonds is 3. The van der Waals surface area contributed by atoms with Gasteiger partial charge in [0.15, 0.2) is 17.5 Å². The molecule has 2 nitrogen and oxygen atoms in total. The number of nitrogens with zero attached hydrogens (tertiary/aromatic N) is 1. The summed E-state index contributed by atoms with van der Waals surface area (Å²) < 4.78 is 40.6. The molecule has 1 aliphatic heterocycles. The summed E-state index contributed by atoms with van der Waals surface area (Å²) in [5.74, 6) is -3.97. The summed E-state index contributed by atoms with van der Waals surface area (Å²) in [6.07, 6.45) is 4.49. The van der Waals surface area contributed by atoms with Crippen molar-refractivity contribution in [3.8, 4) is 0 Å². The Morgan fingerprint density at radius 2 is 1.57 bits per heavy atom. The first-order chi connectivity index (χ1) is 10.1. The Labute approximate surface area is 122 Å². The first kappa shape index (κ1) is 14.9. The highest BCUT2D eigenvalue weighted by Gasteiger charge is 2.47. The van der Waals surface area contributed by atoms with Gasteiger partial charge in [0, 0.05) is 5.56 Å². The number of halogens is 3. The predicted molar refractivity (Wildman–Crippen MR) is 73.3 cm³/mol. The zero-order chi connectivity index (χ0) is 15.0. The maximum atomic E-state index is 14.0. The van der Waals surface area contributed by atoms with Gasteiger partial charge in [-0.1, -0.05) is 18.9 Å². The maximum Gasteiger partial charge on any atom is 0.194 e. The molecular formula is C16H20F3NO. The van der Waals surface area contributed by atoms with E-state index >= 15 is 0 Å². The second-order valence-corrected chi connectivity index (χ2v) is 6.17. The van der Waals surface area contributed by atoms with Crippen LogP contribution in [-0.2, 0) is 0 Å². The van der Waals surface area contributed by atoms with Crippen molar-refractivity contribution in [3.05, 3.63) is 35.1 Å². The third-order valence-electron chi connectivity index (χ3n) is 5.07. The molecule has 1 heterocycles. The maximum absolute atomic E-state index is 14.0. The minimum absolute atomic E-state index is 0.123. The number of benzene rings is 1. The molecule has 5 heteroatoms. The number of hydrogen-bond donors (Lipinski definition) is 1. The minimum Gasteiger partial charge on any atom is -0.386 e. The van der Waals surface area contributed by atoms with Gasteiger partial charge in [0.2, 0.25) is 0 Å². The Kier molecular flexibility index (Phi) is 3.97. The van der Waals surface area contributed by atoms with Gasteiger partial charge in [0.05, 0.1) is 5.54 Å². The van der Waals surface area contributed by atoms with Crippen molar-refractivity contribution in [1.82, 2.24) is 4.90 Å². The van der Waals surface area contributed by atoms with Gasteiger partial charge in [-0.15, -0.1) is 0 Å². The fourth-order valence-corrected chi connectivity index (χ4v) is 3.95. The summed E-state index contributed by atoms with van der Waals surface area (Å²) >= 11 is 0. The molecule has 1 N–H and O–H groups in total. The Morgan fingerprint density at radius 1 is 0.952 bits per heavy atom. The van der Waals surface area contributed by atoms with Crippen LogP contribution >= 0.6 is 0 Å². The van der Waals surface area contributed by atoms with Crippen LogP contribution in [0.5, 0.6) is 0 Å². The summed E-state index contributed by atoms with van der Waals surface area (Å²) in [7, 11) is 0. The zero-order valence-corrected chi connectivity index (χ0v) is 11.9. The lowest BCUT2D eigenvalue weighted by atomic mass is 9.84.